The Morgan fingerprint density at radius 3 is 2.30 bits per heavy atom. The largest absolute Gasteiger partial charge is 0.334 e. The van der Waals surface area contributed by atoms with Gasteiger partial charge in [0.2, 0.25) is 5.91 Å². The Morgan fingerprint density at radius 1 is 0.867 bits per heavy atom. The first-order valence-electron chi connectivity index (χ1n) is 9.60. The number of rotatable bonds is 6. The second kappa shape index (κ2) is 7.90. The third-order valence-electron chi connectivity index (χ3n) is 5.17. The Kier molecular flexibility index (Phi) is 5.14. The summed E-state index contributed by atoms with van der Waals surface area (Å²) in [6.45, 7) is 0.0100. The number of urea groups is 1. The number of imide groups is 2. The maximum atomic E-state index is 12.7. The fraction of sp³-hybridized carbons (Fsp3) is 0.227. The van der Waals surface area contributed by atoms with E-state index in [1.54, 1.807) is 59.5 Å². The molecule has 152 valence electrons. The highest BCUT2D eigenvalue weighted by atomic mass is 16.2. The molecule has 2 aromatic rings. The molecular formula is C22H19N3O5. The molecule has 2 aromatic carbocycles. The summed E-state index contributed by atoms with van der Waals surface area (Å²) in [4.78, 5) is 65.0. The summed E-state index contributed by atoms with van der Waals surface area (Å²) in [6.07, 6.45) is 1.22. The molecule has 0 unspecified atom stereocenters. The Bertz CT molecular complexity index is 1050. The normalized spacial score (nSPS) is 16.7. The van der Waals surface area contributed by atoms with E-state index in [1.165, 1.54) is 0 Å². The molecule has 0 atom stereocenters. The molecule has 0 saturated carbocycles. The molecule has 2 heterocycles. The number of carbonyl (C=O) groups is 5. The molecule has 2 fully saturated rings. The van der Waals surface area contributed by atoms with Gasteiger partial charge in [0.25, 0.3) is 0 Å². The van der Waals surface area contributed by atoms with Crippen LogP contribution in [0, 0.1) is 0 Å². The van der Waals surface area contributed by atoms with Crippen molar-refractivity contribution in [2.75, 3.05) is 18.0 Å². The fourth-order valence-electron chi connectivity index (χ4n) is 3.60. The van der Waals surface area contributed by atoms with E-state index in [0.717, 1.165) is 11.3 Å². The lowest BCUT2D eigenvalue weighted by Crippen LogP contribution is -2.37. The topological polar surface area (TPSA) is 95.1 Å². The van der Waals surface area contributed by atoms with Crippen LogP contribution in [-0.2, 0) is 20.9 Å². The maximum Gasteiger partial charge on any atom is 0.334 e. The minimum Gasteiger partial charge on any atom is -0.312 e. The first kappa shape index (κ1) is 19.5. The molecule has 0 aliphatic carbocycles. The van der Waals surface area contributed by atoms with Gasteiger partial charge in [0, 0.05) is 24.2 Å². The number of hydrogen-bond acceptors (Lipinski definition) is 5. The molecule has 8 nitrogen and oxygen atoms in total. The van der Waals surface area contributed by atoms with E-state index in [-0.39, 0.29) is 18.0 Å². The lowest BCUT2D eigenvalue weighted by atomic mass is 10.1. The zero-order chi connectivity index (χ0) is 21.3. The van der Waals surface area contributed by atoms with Gasteiger partial charge in [-0.25, -0.2) is 9.69 Å². The Balaban J connectivity index is 1.49. The van der Waals surface area contributed by atoms with Crippen molar-refractivity contribution in [3.05, 3.63) is 65.7 Å². The van der Waals surface area contributed by atoms with Crippen LogP contribution in [0.4, 0.5) is 10.5 Å². The summed E-state index contributed by atoms with van der Waals surface area (Å²) in [5, 5.41) is 0. The highest BCUT2D eigenvalue weighted by Crippen LogP contribution is 2.23. The molecule has 0 radical (unpaired) electrons. The molecule has 2 aliphatic rings. The van der Waals surface area contributed by atoms with E-state index in [1.807, 2.05) is 0 Å². The van der Waals surface area contributed by atoms with Gasteiger partial charge in [-0.05, 0) is 24.1 Å². The number of hydrogen-bond donors (Lipinski definition) is 0. The number of ketones is 1. The molecule has 0 spiro atoms. The number of anilines is 1. The smallest absolute Gasteiger partial charge is 0.312 e. The van der Waals surface area contributed by atoms with Crippen LogP contribution in [0.1, 0.15) is 28.8 Å². The van der Waals surface area contributed by atoms with E-state index in [2.05, 4.69) is 0 Å². The van der Waals surface area contributed by atoms with Gasteiger partial charge in [-0.15, -0.1) is 0 Å². The summed E-state index contributed by atoms with van der Waals surface area (Å²) < 4.78 is 0. The minimum atomic E-state index is -1.02. The van der Waals surface area contributed by atoms with Crippen molar-refractivity contribution >= 4 is 35.2 Å². The number of Topliss-reactive ketones (excluding diaryl/α,β-unsaturated/α-hetero) is 1. The number of benzene rings is 2. The summed E-state index contributed by atoms with van der Waals surface area (Å²) >= 11 is 0. The third-order valence-corrected chi connectivity index (χ3v) is 5.17. The SMILES string of the molecule is O=C(CN1C(=O)C(=O)N(Cc2ccccc2)C1=O)c1cccc(N2CCCC2=O)c1. The molecule has 2 aliphatic heterocycles. The molecular weight excluding hydrogens is 386 g/mol. The van der Waals surface area contributed by atoms with E-state index < -0.39 is 30.2 Å². The number of carbonyl (C=O) groups excluding carboxylic acids is 5. The fourth-order valence-corrected chi connectivity index (χ4v) is 3.60. The van der Waals surface area contributed by atoms with E-state index in [0.29, 0.717) is 29.1 Å². The van der Waals surface area contributed by atoms with Crippen LogP contribution in [0.3, 0.4) is 0 Å². The van der Waals surface area contributed by atoms with Gasteiger partial charge >= 0.3 is 17.8 Å². The average molecular weight is 405 g/mol. The second-order valence-corrected chi connectivity index (χ2v) is 7.17. The van der Waals surface area contributed by atoms with Gasteiger partial charge in [0.05, 0.1) is 13.1 Å². The molecule has 5 amide bonds. The van der Waals surface area contributed by atoms with Gasteiger partial charge in [-0.2, -0.15) is 0 Å². The van der Waals surface area contributed by atoms with E-state index >= 15 is 0 Å². The average Bonchev–Trinajstić information content (AvgIpc) is 3.27. The second-order valence-electron chi connectivity index (χ2n) is 7.17. The lowest BCUT2D eigenvalue weighted by molar-refractivity contribution is -0.143. The molecule has 30 heavy (non-hydrogen) atoms. The van der Waals surface area contributed by atoms with Gasteiger partial charge in [0.1, 0.15) is 0 Å². The molecule has 0 bridgehead atoms. The highest BCUT2D eigenvalue weighted by Gasteiger charge is 2.45. The molecule has 0 aromatic heterocycles. The van der Waals surface area contributed by atoms with Crippen molar-refractivity contribution in [2.45, 2.75) is 19.4 Å². The zero-order valence-electron chi connectivity index (χ0n) is 16.1. The Hall–Kier alpha value is -3.81. The van der Waals surface area contributed by atoms with Crippen molar-refractivity contribution < 1.29 is 24.0 Å². The standard InChI is InChI=1S/C22H19N3O5/c26-18(16-8-4-9-17(12-16)23-11-5-10-19(23)27)14-25-21(29)20(28)24(22(25)30)13-15-6-2-1-3-7-15/h1-4,6-9,12H,5,10-11,13-14H2. The predicted molar refractivity (Wildman–Crippen MR) is 106 cm³/mol. The van der Waals surface area contributed by atoms with Crippen molar-refractivity contribution in [3.8, 4) is 0 Å². The zero-order valence-corrected chi connectivity index (χ0v) is 16.1. The van der Waals surface area contributed by atoms with Gasteiger partial charge in [-0.3, -0.25) is 24.1 Å². The highest BCUT2D eigenvalue weighted by molar-refractivity contribution is 6.45. The van der Waals surface area contributed by atoms with E-state index in [9.17, 15) is 24.0 Å². The first-order valence-corrected chi connectivity index (χ1v) is 9.60. The predicted octanol–water partition coefficient (Wildman–Crippen LogP) is 1.99. The quantitative estimate of drug-likeness (QED) is 0.416. The van der Waals surface area contributed by atoms with Crippen molar-refractivity contribution in [3.63, 3.8) is 0 Å². The van der Waals surface area contributed by atoms with Crippen LogP contribution < -0.4 is 4.90 Å². The van der Waals surface area contributed by atoms with Crippen LogP contribution >= 0.6 is 0 Å². The molecule has 4 rings (SSSR count). The molecule has 0 N–H and O–H groups in total. The van der Waals surface area contributed by atoms with E-state index in [4.69, 9.17) is 0 Å². The van der Waals surface area contributed by atoms with Crippen LogP contribution in [0.15, 0.2) is 54.6 Å². The Morgan fingerprint density at radius 2 is 1.60 bits per heavy atom. The summed E-state index contributed by atoms with van der Waals surface area (Å²) in [7, 11) is 0. The summed E-state index contributed by atoms with van der Waals surface area (Å²) in [6, 6.07) is 14.5. The van der Waals surface area contributed by atoms with Crippen molar-refractivity contribution in [2.24, 2.45) is 0 Å². The summed E-state index contributed by atoms with van der Waals surface area (Å²) in [5.74, 6) is -2.46. The summed E-state index contributed by atoms with van der Waals surface area (Å²) in [5.41, 5.74) is 1.56. The van der Waals surface area contributed by atoms with Gasteiger partial charge < -0.3 is 4.90 Å². The number of amides is 5. The van der Waals surface area contributed by atoms with Crippen LogP contribution in [0.25, 0.3) is 0 Å². The molecule has 2 saturated heterocycles. The van der Waals surface area contributed by atoms with Gasteiger partial charge in [0.15, 0.2) is 5.78 Å². The molecule has 8 heteroatoms. The van der Waals surface area contributed by atoms with Crippen LogP contribution in [-0.4, -0.2) is 52.4 Å². The number of nitrogens with zero attached hydrogens (tertiary/aromatic N) is 3. The van der Waals surface area contributed by atoms with Crippen LogP contribution in [0.2, 0.25) is 0 Å². The monoisotopic (exact) mass is 405 g/mol. The first-order chi connectivity index (χ1) is 14.5. The Labute approximate surface area is 172 Å². The van der Waals surface area contributed by atoms with Crippen LogP contribution in [0.5, 0.6) is 0 Å². The van der Waals surface area contributed by atoms with Crippen molar-refractivity contribution in [1.29, 1.82) is 0 Å². The van der Waals surface area contributed by atoms with Gasteiger partial charge in [-0.1, -0.05) is 42.5 Å². The lowest BCUT2D eigenvalue weighted by Gasteiger charge is -2.17. The minimum absolute atomic E-state index is 0.00773. The maximum absolute atomic E-state index is 12.7. The van der Waals surface area contributed by atoms with Crippen molar-refractivity contribution in [1.82, 2.24) is 9.80 Å². The third kappa shape index (κ3) is 3.59.